The summed E-state index contributed by atoms with van der Waals surface area (Å²) < 4.78 is 0. The Bertz CT molecular complexity index is 969. The highest BCUT2D eigenvalue weighted by Crippen LogP contribution is 2.36. The number of benzene rings is 3. The number of hydrogen-bond donors (Lipinski definition) is 0. The first kappa shape index (κ1) is 16.5. The van der Waals surface area contributed by atoms with E-state index in [1.807, 2.05) is 54.6 Å². The summed E-state index contributed by atoms with van der Waals surface area (Å²) in [6, 6.07) is 23.9. The third-order valence-electron chi connectivity index (χ3n) is 5.19. The van der Waals surface area contributed by atoms with Crippen LogP contribution in [-0.4, -0.2) is 11.6 Å². The van der Waals surface area contributed by atoms with Crippen molar-refractivity contribution in [2.75, 3.05) is 0 Å². The molecule has 1 aliphatic carbocycles. The molecule has 1 unspecified atom stereocenters. The lowest BCUT2D eigenvalue weighted by Crippen LogP contribution is -2.12. The van der Waals surface area contributed by atoms with Crippen molar-refractivity contribution < 1.29 is 9.59 Å². The van der Waals surface area contributed by atoms with Gasteiger partial charge in [0.1, 0.15) is 0 Å². The third-order valence-corrected chi connectivity index (χ3v) is 5.19. The minimum atomic E-state index is -0.0296. The van der Waals surface area contributed by atoms with Gasteiger partial charge >= 0.3 is 0 Å². The number of carbonyl (C=O) groups is 2. The summed E-state index contributed by atoms with van der Waals surface area (Å²) in [6.07, 6.45) is 1.48. The molecule has 0 radical (unpaired) electrons. The highest BCUT2D eigenvalue weighted by Gasteiger charge is 2.32. The number of carbonyl (C=O) groups excluding carboxylic acids is 2. The van der Waals surface area contributed by atoms with Crippen LogP contribution in [0.25, 0.3) is 11.1 Å². The van der Waals surface area contributed by atoms with Crippen LogP contribution in [0.1, 0.15) is 38.8 Å². The number of Topliss-reactive ketones (excluding diaryl/α,β-unsaturated/α-hetero) is 2. The summed E-state index contributed by atoms with van der Waals surface area (Å²) in [5.41, 5.74) is 6.14. The van der Waals surface area contributed by atoms with Crippen LogP contribution in [0.2, 0.25) is 0 Å². The Morgan fingerprint density at radius 1 is 0.885 bits per heavy atom. The highest BCUT2D eigenvalue weighted by atomic mass is 16.1. The summed E-state index contributed by atoms with van der Waals surface area (Å²) in [5.74, 6) is 0.264. The van der Waals surface area contributed by atoms with E-state index in [0.717, 1.165) is 34.2 Å². The van der Waals surface area contributed by atoms with Crippen LogP contribution < -0.4 is 0 Å². The molecule has 26 heavy (non-hydrogen) atoms. The Hall–Kier alpha value is -3.00. The van der Waals surface area contributed by atoms with Crippen molar-refractivity contribution in [3.05, 3.63) is 95.1 Å². The van der Waals surface area contributed by atoms with Gasteiger partial charge < -0.3 is 0 Å². The van der Waals surface area contributed by atoms with Crippen LogP contribution in [0.15, 0.2) is 72.8 Å². The molecule has 0 saturated carbocycles. The van der Waals surface area contributed by atoms with Crippen LogP contribution in [0, 0.1) is 5.92 Å². The van der Waals surface area contributed by atoms with Gasteiger partial charge in [-0.15, -0.1) is 0 Å². The van der Waals surface area contributed by atoms with Crippen LogP contribution in [0.5, 0.6) is 0 Å². The zero-order chi connectivity index (χ0) is 18.1. The summed E-state index contributed by atoms with van der Waals surface area (Å²) in [6.45, 7) is 1.57. The molecular weight excluding hydrogens is 320 g/mol. The van der Waals surface area contributed by atoms with E-state index >= 15 is 0 Å². The van der Waals surface area contributed by atoms with Gasteiger partial charge in [-0.25, -0.2) is 0 Å². The zero-order valence-corrected chi connectivity index (χ0v) is 14.7. The van der Waals surface area contributed by atoms with Crippen molar-refractivity contribution in [1.29, 1.82) is 0 Å². The Kier molecular flexibility index (Phi) is 4.26. The Balaban J connectivity index is 1.61. The second-order valence-electron chi connectivity index (χ2n) is 6.92. The van der Waals surface area contributed by atoms with Gasteiger partial charge in [-0.3, -0.25) is 9.59 Å². The lowest BCUT2D eigenvalue weighted by Gasteiger charge is -2.09. The third kappa shape index (κ3) is 2.99. The van der Waals surface area contributed by atoms with Crippen LogP contribution in [-0.2, 0) is 12.8 Å². The summed E-state index contributed by atoms with van der Waals surface area (Å²) in [4.78, 5) is 24.3. The molecule has 128 valence electrons. The van der Waals surface area contributed by atoms with E-state index < -0.39 is 0 Å². The van der Waals surface area contributed by atoms with E-state index in [-0.39, 0.29) is 17.5 Å². The van der Waals surface area contributed by atoms with E-state index in [1.165, 1.54) is 0 Å². The molecule has 0 amide bonds. The fourth-order valence-corrected chi connectivity index (χ4v) is 3.81. The van der Waals surface area contributed by atoms with E-state index in [2.05, 4.69) is 18.2 Å². The molecule has 0 fully saturated rings. The van der Waals surface area contributed by atoms with E-state index in [9.17, 15) is 9.59 Å². The van der Waals surface area contributed by atoms with Gasteiger partial charge in [0, 0.05) is 17.0 Å². The predicted molar refractivity (Wildman–Crippen MR) is 104 cm³/mol. The van der Waals surface area contributed by atoms with E-state index in [4.69, 9.17) is 0 Å². The molecule has 0 heterocycles. The molecule has 0 saturated heterocycles. The molecule has 2 nitrogen and oxygen atoms in total. The van der Waals surface area contributed by atoms with Crippen molar-refractivity contribution in [1.82, 2.24) is 0 Å². The first-order valence-corrected chi connectivity index (χ1v) is 8.95. The Morgan fingerprint density at radius 3 is 2.27 bits per heavy atom. The van der Waals surface area contributed by atoms with Crippen molar-refractivity contribution >= 4 is 11.6 Å². The molecule has 0 spiro atoms. The smallest absolute Gasteiger partial charge is 0.166 e. The SMILES string of the molecule is CC(=O)c1ccc(CC2Cc3c(cccc3-c3ccccc3)C2=O)cc1. The minimum absolute atomic E-state index is 0.0296. The van der Waals surface area contributed by atoms with Gasteiger partial charge in [-0.05, 0) is 42.0 Å². The van der Waals surface area contributed by atoms with Gasteiger partial charge in [-0.2, -0.15) is 0 Å². The fourth-order valence-electron chi connectivity index (χ4n) is 3.81. The molecule has 3 aromatic carbocycles. The molecular formula is C24H20O2. The zero-order valence-electron chi connectivity index (χ0n) is 14.7. The Labute approximate surface area is 153 Å². The number of ketones is 2. The largest absolute Gasteiger partial charge is 0.295 e. The predicted octanol–water partition coefficient (Wildman–Crippen LogP) is 5.15. The molecule has 0 aliphatic heterocycles. The van der Waals surface area contributed by atoms with E-state index in [0.29, 0.717) is 12.0 Å². The standard InChI is InChI=1S/C24H20O2/c1-16(25)18-12-10-17(11-13-18)14-20-15-23-21(19-6-3-2-4-7-19)8-5-9-22(23)24(20)26/h2-13,20H,14-15H2,1H3. The molecule has 0 N–H and O–H groups in total. The topological polar surface area (TPSA) is 34.1 Å². The molecule has 0 aromatic heterocycles. The van der Waals surface area contributed by atoms with Crippen molar-refractivity contribution in [3.8, 4) is 11.1 Å². The molecule has 1 aliphatic rings. The summed E-state index contributed by atoms with van der Waals surface area (Å²) >= 11 is 0. The van der Waals surface area contributed by atoms with Crippen LogP contribution in [0.4, 0.5) is 0 Å². The molecule has 4 rings (SSSR count). The van der Waals surface area contributed by atoms with Crippen molar-refractivity contribution in [3.63, 3.8) is 0 Å². The molecule has 3 aromatic rings. The quantitative estimate of drug-likeness (QED) is 0.615. The van der Waals surface area contributed by atoms with Gasteiger partial charge in [0.15, 0.2) is 11.6 Å². The van der Waals surface area contributed by atoms with Crippen molar-refractivity contribution in [2.45, 2.75) is 19.8 Å². The second-order valence-corrected chi connectivity index (χ2v) is 6.92. The van der Waals surface area contributed by atoms with Gasteiger partial charge in [-0.1, -0.05) is 72.8 Å². The molecule has 0 bridgehead atoms. The van der Waals surface area contributed by atoms with Gasteiger partial charge in [0.05, 0.1) is 0 Å². The maximum Gasteiger partial charge on any atom is 0.166 e. The maximum atomic E-state index is 12.9. The number of rotatable bonds is 4. The minimum Gasteiger partial charge on any atom is -0.295 e. The number of hydrogen-bond acceptors (Lipinski definition) is 2. The monoisotopic (exact) mass is 340 g/mol. The molecule has 1 atom stereocenters. The fraction of sp³-hybridized carbons (Fsp3) is 0.167. The van der Waals surface area contributed by atoms with Gasteiger partial charge in [0.2, 0.25) is 0 Å². The van der Waals surface area contributed by atoms with Crippen molar-refractivity contribution in [2.24, 2.45) is 5.92 Å². The number of fused-ring (bicyclic) bond motifs is 1. The average Bonchev–Trinajstić information content (AvgIpc) is 2.99. The first-order chi connectivity index (χ1) is 12.6. The van der Waals surface area contributed by atoms with E-state index in [1.54, 1.807) is 6.92 Å². The summed E-state index contributed by atoms with van der Waals surface area (Å²) in [5, 5.41) is 0. The average molecular weight is 340 g/mol. The Morgan fingerprint density at radius 2 is 1.58 bits per heavy atom. The molecule has 2 heteroatoms. The normalized spacial score (nSPS) is 15.7. The highest BCUT2D eigenvalue weighted by molar-refractivity contribution is 6.04. The second kappa shape index (κ2) is 6.72. The van der Waals surface area contributed by atoms with Crippen LogP contribution in [0.3, 0.4) is 0 Å². The maximum absolute atomic E-state index is 12.9. The lowest BCUT2D eigenvalue weighted by atomic mass is 9.94. The van der Waals surface area contributed by atoms with Gasteiger partial charge in [0.25, 0.3) is 0 Å². The summed E-state index contributed by atoms with van der Waals surface area (Å²) in [7, 11) is 0. The lowest BCUT2D eigenvalue weighted by molar-refractivity contribution is 0.0935. The van der Waals surface area contributed by atoms with Crippen LogP contribution >= 0.6 is 0 Å². The first-order valence-electron chi connectivity index (χ1n) is 8.95.